The molecule has 1 aliphatic heterocycles. The molecule has 3 heterocycles. The van der Waals surface area contributed by atoms with E-state index >= 15 is 0 Å². The number of hydrogen-bond donors (Lipinski definition) is 0. The van der Waals surface area contributed by atoms with Crippen molar-refractivity contribution in [3.05, 3.63) is 81.3 Å². The normalized spacial score (nSPS) is 13.6. The lowest BCUT2D eigenvalue weighted by Crippen LogP contribution is -2.46. The molecule has 0 N–H and O–H groups in total. The zero-order chi connectivity index (χ0) is 20.4. The first-order valence-corrected chi connectivity index (χ1v) is 9.77. The Balaban J connectivity index is 1.40. The van der Waals surface area contributed by atoms with Crippen LogP contribution in [0.5, 0.6) is 0 Å². The molecule has 3 aromatic rings. The molecule has 0 atom stereocenters. The van der Waals surface area contributed by atoms with Crippen molar-refractivity contribution in [2.24, 2.45) is 0 Å². The Labute approximate surface area is 173 Å². The molecule has 1 aromatic carbocycles. The number of imidazole rings is 1. The number of nitrogens with zero attached hydrogens (tertiary/aromatic N) is 4. The summed E-state index contributed by atoms with van der Waals surface area (Å²) in [7, 11) is 0. The maximum atomic E-state index is 12.8. The number of ether oxygens (including phenoxy) is 1. The van der Waals surface area contributed by atoms with Crippen LogP contribution in [0.4, 0.5) is 0 Å². The summed E-state index contributed by atoms with van der Waals surface area (Å²) in [5.74, 6) is -0.156. The van der Waals surface area contributed by atoms with Gasteiger partial charge in [-0.15, -0.1) is 0 Å². The van der Waals surface area contributed by atoms with E-state index in [1.807, 2.05) is 31.2 Å². The van der Waals surface area contributed by atoms with E-state index in [0.717, 1.165) is 11.3 Å². The number of aromatic nitrogens is 3. The molecule has 7 nitrogen and oxygen atoms in total. The van der Waals surface area contributed by atoms with Crippen LogP contribution in [0.3, 0.4) is 0 Å². The smallest absolute Gasteiger partial charge is 0.275 e. The van der Waals surface area contributed by atoms with Crippen molar-refractivity contribution in [3.63, 3.8) is 0 Å². The molecular formula is C21H21ClN4O3. The van der Waals surface area contributed by atoms with Crippen LogP contribution >= 0.6 is 11.6 Å². The van der Waals surface area contributed by atoms with E-state index in [1.165, 1.54) is 4.57 Å². The largest absolute Gasteiger partial charge is 0.375 e. The van der Waals surface area contributed by atoms with Gasteiger partial charge < -0.3 is 18.8 Å². The fourth-order valence-corrected chi connectivity index (χ4v) is 3.49. The number of amides is 1. The zero-order valence-corrected chi connectivity index (χ0v) is 16.8. The second-order valence-corrected chi connectivity index (χ2v) is 7.39. The molecule has 1 aliphatic rings. The van der Waals surface area contributed by atoms with Crippen molar-refractivity contribution < 1.29 is 9.53 Å². The molecular weight excluding hydrogens is 392 g/mol. The van der Waals surface area contributed by atoms with Crippen molar-refractivity contribution >= 4 is 17.5 Å². The minimum atomic E-state index is -0.188. The van der Waals surface area contributed by atoms with Crippen LogP contribution in [0.15, 0.2) is 53.7 Å². The number of hydrogen-bond acceptors (Lipinski definition) is 4. The summed E-state index contributed by atoms with van der Waals surface area (Å²) in [6, 6.07) is 10.8. The standard InChI is InChI=1S/C21H21ClN4O3/c1-15-12-25(14-23-15)18-6-7-19-20(27)24(8-9-26(19)21(18)28)10-11-29-13-16-2-4-17(22)5-3-16/h2-7,12,14H,8-11,13H2,1H3. The maximum Gasteiger partial charge on any atom is 0.275 e. The highest BCUT2D eigenvalue weighted by molar-refractivity contribution is 6.30. The molecule has 2 aromatic heterocycles. The zero-order valence-electron chi connectivity index (χ0n) is 16.0. The number of fused-ring (bicyclic) bond motifs is 1. The van der Waals surface area contributed by atoms with E-state index in [-0.39, 0.29) is 11.5 Å². The van der Waals surface area contributed by atoms with Crippen LogP contribution in [0.2, 0.25) is 5.02 Å². The van der Waals surface area contributed by atoms with Crippen molar-refractivity contribution in [3.8, 4) is 5.69 Å². The van der Waals surface area contributed by atoms with Gasteiger partial charge >= 0.3 is 0 Å². The van der Waals surface area contributed by atoms with Crippen molar-refractivity contribution in [1.29, 1.82) is 0 Å². The van der Waals surface area contributed by atoms with Crippen LogP contribution < -0.4 is 5.56 Å². The lowest BCUT2D eigenvalue weighted by atomic mass is 10.2. The molecule has 0 saturated heterocycles. The third kappa shape index (κ3) is 4.11. The Hall–Kier alpha value is -2.90. The first kappa shape index (κ1) is 19.4. The van der Waals surface area contributed by atoms with E-state index in [1.54, 1.807) is 34.1 Å². The predicted octanol–water partition coefficient (Wildman–Crippen LogP) is 2.67. The van der Waals surface area contributed by atoms with Crippen molar-refractivity contribution in [1.82, 2.24) is 19.0 Å². The average molecular weight is 413 g/mol. The number of carbonyl (C=O) groups excluding carboxylic acids is 1. The SMILES string of the molecule is Cc1cn(-c2ccc3n(c2=O)CCN(CCOCc2ccc(Cl)cc2)C3=O)cn1. The van der Waals surface area contributed by atoms with Gasteiger partial charge in [0.1, 0.15) is 11.4 Å². The Morgan fingerprint density at radius 1 is 1.10 bits per heavy atom. The first-order chi connectivity index (χ1) is 14.0. The Morgan fingerprint density at radius 3 is 2.62 bits per heavy atom. The van der Waals surface area contributed by atoms with Crippen LogP contribution in [0.1, 0.15) is 21.7 Å². The number of rotatable bonds is 6. The minimum Gasteiger partial charge on any atom is -0.375 e. The topological polar surface area (TPSA) is 69.4 Å². The highest BCUT2D eigenvalue weighted by Crippen LogP contribution is 2.14. The van der Waals surface area contributed by atoms with Gasteiger partial charge in [-0.2, -0.15) is 0 Å². The third-order valence-electron chi connectivity index (χ3n) is 4.93. The quantitative estimate of drug-likeness (QED) is 0.584. The van der Waals surface area contributed by atoms with Gasteiger partial charge in [-0.3, -0.25) is 9.59 Å². The molecule has 150 valence electrons. The van der Waals surface area contributed by atoms with Crippen LogP contribution in [-0.2, 0) is 17.9 Å². The highest BCUT2D eigenvalue weighted by atomic mass is 35.5. The fourth-order valence-electron chi connectivity index (χ4n) is 3.37. The molecule has 8 heteroatoms. The summed E-state index contributed by atoms with van der Waals surface area (Å²) in [5.41, 5.74) is 2.56. The Kier molecular flexibility index (Phi) is 5.51. The van der Waals surface area contributed by atoms with Crippen LogP contribution in [0.25, 0.3) is 5.69 Å². The summed E-state index contributed by atoms with van der Waals surface area (Å²) in [6.45, 7) is 4.15. The third-order valence-corrected chi connectivity index (χ3v) is 5.18. The number of carbonyl (C=O) groups is 1. The van der Waals surface area contributed by atoms with Gasteiger partial charge in [0.05, 0.1) is 25.2 Å². The lowest BCUT2D eigenvalue weighted by molar-refractivity contribution is 0.0560. The van der Waals surface area contributed by atoms with E-state index in [9.17, 15) is 9.59 Å². The Bertz CT molecular complexity index is 1090. The van der Waals surface area contributed by atoms with E-state index in [0.29, 0.717) is 49.3 Å². The molecule has 0 fully saturated rings. The number of halogens is 1. The van der Waals surface area contributed by atoms with Gasteiger partial charge in [0, 0.05) is 30.9 Å². The Morgan fingerprint density at radius 2 is 1.90 bits per heavy atom. The van der Waals surface area contributed by atoms with Crippen molar-refractivity contribution in [2.45, 2.75) is 20.1 Å². The van der Waals surface area contributed by atoms with Crippen LogP contribution in [0, 0.1) is 6.92 Å². The monoisotopic (exact) mass is 412 g/mol. The summed E-state index contributed by atoms with van der Waals surface area (Å²) in [5, 5.41) is 0.688. The van der Waals surface area contributed by atoms with E-state index in [4.69, 9.17) is 16.3 Å². The summed E-state index contributed by atoms with van der Waals surface area (Å²) in [4.78, 5) is 31.5. The average Bonchev–Trinajstić information content (AvgIpc) is 3.14. The molecule has 0 radical (unpaired) electrons. The number of benzene rings is 1. The van der Waals surface area contributed by atoms with Crippen molar-refractivity contribution in [2.75, 3.05) is 19.7 Å². The summed E-state index contributed by atoms with van der Waals surface area (Å²) >= 11 is 5.87. The summed E-state index contributed by atoms with van der Waals surface area (Å²) < 4.78 is 8.91. The highest BCUT2D eigenvalue weighted by Gasteiger charge is 2.25. The van der Waals surface area contributed by atoms with E-state index < -0.39 is 0 Å². The van der Waals surface area contributed by atoms with Gasteiger partial charge in [-0.05, 0) is 36.8 Å². The molecule has 0 aliphatic carbocycles. The van der Waals surface area contributed by atoms with Crippen LogP contribution in [-0.4, -0.2) is 44.6 Å². The second-order valence-electron chi connectivity index (χ2n) is 6.95. The maximum absolute atomic E-state index is 12.8. The first-order valence-electron chi connectivity index (χ1n) is 9.39. The molecule has 0 spiro atoms. The predicted molar refractivity (Wildman–Crippen MR) is 110 cm³/mol. The second kappa shape index (κ2) is 8.23. The molecule has 1 amide bonds. The number of aryl methyl sites for hydroxylation is 1. The fraction of sp³-hybridized carbons (Fsp3) is 0.286. The van der Waals surface area contributed by atoms with Gasteiger partial charge in [-0.25, -0.2) is 4.98 Å². The molecule has 29 heavy (non-hydrogen) atoms. The molecule has 0 saturated carbocycles. The molecule has 4 rings (SSSR count). The minimum absolute atomic E-state index is 0.156. The van der Waals surface area contributed by atoms with E-state index in [2.05, 4.69) is 4.98 Å². The molecule has 0 bridgehead atoms. The van der Waals surface area contributed by atoms with Gasteiger partial charge in [0.15, 0.2) is 0 Å². The lowest BCUT2D eigenvalue weighted by Gasteiger charge is -2.29. The molecule has 0 unspecified atom stereocenters. The van der Waals surface area contributed by atoms with Gasteiger partial charge in [-0.1, -0.05) is 23.7 Å². The summed E-state index contributed by atoms with van der Waals surface area (Å²) in [6.07, 6.45) is 3.40. The van der Waals surface area contributed by atoms with Gasteiger partial charge in [0.2, 0.25) is 0 Å². The van der Waals surface area contributed by atoms with Gasteiger partial charge in [0.25, 0.3) is 11.5 Å². The number of pyridine rings is 1.